The number of aryl methyl sites for hydroxylation is 1. The first-order valence-corrected chi connectivity index (χ1v) is 8.23. The van der Waals surface area contributed by atoms with Gasteiger partial charge in [0, 0.05) is 38.6 Å². The quantitative estimate of drug-likeness (QED) is 0.820. The highest BCUT2D eigenvalue weighted by atomic mass is 32.2. The second-order valence-electron chi connectivity index (χ2n) is 5.21. The Morgan fingerprint density at radius 1 is 1.47 bits per heavy atom. The summed E-state index contributed by atoms with van der Waals surface area (Å²) < 4.78 is 28.4. The van der Waals surface area contributed by atoms with E-state index in [0.29, 0.717) is 23.9 Å². The number of hydrogen-bond acceptors (Lipinski definition) is 3. The third-order valence-electron chi connectivity index (χ3n) is 3.58. The SMILES string of the molecule is CCn1cc(S(=O)(=O)N(C)CC2CC2)cc1CNC. The Balaban J connectivity index is 2.23. The third-order valence-corrected chi connectivity index (χ3v) is 5.37. The van der Waals surface area contributed by atoms with E-state index in [4.69, 9.17) is 0 Å². The van der Waals surface area contributed by atoms with Crippen molar-refractivity contribution in [2.75, 3.05) is 20.6 Å². The van der Waals surface area contributed by atoms with E-state index >= 15 is 0 Å². The van der Waals surface area contributed by atoms with Crippen LogP contribution in [0.4, 0.5) is 0 Å². The molecular weight excluding hydrogens is 262 g/mol. The number of nitrogens with one attached hydrogen (secondary N) is 1. The topological polar surface area (TPSA) is 54.3 Å². The van der Waals surface area contributed by atoms with Gasteiger partial charge in [-0.3, -0.25) is 0 Å². The van der Waals surface area contributed by atoms with Crippen LogP contribution in [-0.2, 0) is 23.1 Å². The minimum Gasteiger partial charge on any atom is -0.349 e. The lowest BCUT2D eigenvalue weighted by atomic mass is 10.4. The van der Waals surface area contributed by atoms with Crippen LogP contribution >= 0.6 is 0 Å². The smallest absolute Gasteiger partial charge is 0.244 e. The first-order chi connectivity index (χ1) is 8.98. The molecular formula is C13H23N3O2S. The zero-order valence-electron chi connectivity index (χ0n) is 11.9. The molecule has 1 saturated carbocycles. The number of aromatic nitrogens is 1. The lowest BCUT2D eigenvalue weighted by Gasteiger charge is -2.15. The van der Waals surface area contributed by atoms with Crippen molar-refractivity contribution in [3.63, 3.8) is 0 Å². The van der Waals surface area contributed by atoms with E-state index in [1.807, 2.05) is 18.5 Å². The summed E-state index contributed by atoms with van der Waals surface area (Å²) in [6, 6.07) is 1.78. The summed E-state index contributed by atoms with van der Waals surface area (Å²) in [4.78, 5) is 0.405. The summed E-state index contributed by atoms with van der Waals surface area (Å²) in [7, 11) is 0.197. The van der Waals surface area contributed by atoms with Crippen LogP contribution in [0, 0.1) is 5.92 Å². The van der Waals surface area contributed by atoms with E-state index in [9.17, 15) is 8.42 Å². The van der Waals surface area contributed by atoms with Gasteiger partial charge in [0.25, 0.3) is 0 Å². The molecule has 1 heterocycles. The molecule has 2 rings (SSSR count). The van der Waals surface area contributed by atoms with Gasteiger partial charge in [-0.05, 0) is 38.8 Å². The van der Waals surface area contributed by atoms with Crippen LogP contribution in [0.2, 0.25) is 0 Å². The molecule has 19 heavy (non-hydrogen) atoms. The van der Waals surface area contributed by atoms with Crippen LogP contribution in [0.3, 0.4) is 0 Å². The maximum absolute atomic E-state index is 12.5. The lowest BCUT2D eigenvalue weighted by Crippen LogP contribution is -2.28. The zero-order chi connectivity index (χ0) is 14.0. The molecule has 0 unspecified atom stereocenters. The highest BCUT2D eigenvalue weighted by Gasteiger charge is 2.30. The Bertz CT molecular complexity index is 532. The van der Waals surface area contributed by atoms with Gasteiger partial charge in [0.1, 0.15) is 4.90 Å². The molecule has 0 aliphatic heterocycles. The van der Waals surface area contributed by atoms with Crippen molar-refractivity contribution < 1.29 is 8.42 Å². The van der Waals surface area contributed by atoms with E-state index in [-0.39, 0.29) is 0 Å². The average Bonchev–Trinajstić information content (AvgIpc) is 3.07. The van der Waals surface area contributed by atoms with Crippen LogP contribution in [0.25, 0.3) is 0 Å². The Hall–Kier alpha value is -0.850. The summed E-state index contributed by atoms with van der Waals surface area (Å²) in [6.07, 6.45) is 4.05. The molecule has 0 atom stereocenters. The number of sulfonamides is 1. The summed E-state index contributed by atoms with van der Waals surface area (Å²) in [6.45, 7) is 4.11. The van der Waals surface area contributed by atoms with Crippen LogP contribution in [-0.4, -0.2) is 37.9 Å². The average molecular weight is 285 g/mol. The Labute approximate surface area is 115 Å². The van der Waals surface area contributed by atoms with Crippen molar-refractivity contribution in [1.82, 2.24) is 14.2 Å². The predicted molar refractivity (Wildman–Crippen MR) is 75.4 cm³/mol. The minimum atomic E-state index is -3.34. The Morgan fingerprint density at radius 3 is 2.68 bits per heavy atom. The molecule has 0 spiro atoms. The van der Waals surface area contributed by atoms with Crippen LogP contribution in [0.15, 0.2) is 17.2 Å². The summed E-state index contributed by atoms with van der Waals surface area (Å²) in [5.74, 6) is 0.560. The molecule has 5 nitrogen and oxygen atoms in total. The van der Waals surface area contributed by atoms with Gasteiger partial charge in [-0.2, -0.15) is 0 Å². The maximum Gasteiger partial charge on any atom is 0.244 e. The molecule has 1 aromatic rings. The molecule has 1 aliphatic rings. The van der Waals surface area contributed by atoms with E-state index < -0.39 is 10.0 Å². The molecule has 1 N–H and O–H groups in total. The summed E-state index contributed by atoms with van der Waals surface area (Å²) in [5.41, 5.74) is 1.00. The van der Waals surface area contributed by atoms with Gasteiger partial charge in [-0.25, -0.2) is 12.7 Å². The molecule has 0 saturated heterocycles. The van der Waals surface area contributed by atoms with Crippen molar-refractivity contribution >= 4 is 10.0 Å². The highest BCUT2D eigenvalue weighted by molar-refractivity contribution is 7.89. The fourth-order valence-electron chi connectivity index (χ4n) is 2.23. The fraction of sp³-hybridized carbons (Fsp3) is 0.692. The number of hydrogen-bond donors (Lipinski definition) is 1. The summed E-state index contributed by atoms with van der Waals surface area (Å²) >= 11 is 0. The van der Waals surface area contributed by atoms with E-state index in [2.05, 4.69) is 5.32 Å². The van der Waals surface area contributed by atoms with Crippen LogP contribution in [0.1, 0.15) is 25.5 Å². The second kappa shape index (κ2) is 5.64. The lowest BCUT2D eigenvalue weighted by molar-refractivity contribution is 0.452. The largest absolute Gasteiger partial charge is 0.349 e. The van der Waals surface area contributed by atoms with E-state index in [1.54, 1.807) is 19.3 Å². The Morgan fingerprint density at radius 2 is 2.16 bits per heavy atom. The van der Waals surface area contributed by atoms with Crippen LogP contribution < -0.4 is 5.32 Å². The van der Waals surface area contributed by atoms with Crippen molar-refractivity contribution in [3.05, 3.63) is 18.0 Å². The molecule has 0 bridgehead atoms. The molecule has 0 radical (unpaired) electrons. The third kappa shape index (κ3) is 3.19. The monoisotopic (exact) mass is 285 g/mol. The van der Waals surface area contributed by atoms with Crippen molar-refractivity contribution in [2.45, 2.75) is 37.8 Å². The summed E-state index contributed by atoms with van der Waals surface area (Å²) in [5, 5.41) is 3.07. The number of nitrogens with zero attached hydrogens (tertiary/aromatic N) is 2. The predicted octanol–water partition coefficient (Wildman–Crippen LogP) is 1.26. The zero-order valence-corrected chi connectivity index (χ0v) is 12.7. The minimum absolute atomic E-state index is 0.405. The van der Waals surface area contributed by atoms with Gasteiger partial charge in [-0.1, -0.05) is 0 Å². The van der Waals surface area contributed by atoms with E-state index in [0.717, 1.165) is 25.1 Å². The van der Waals surface area contributed by atoms with E-state index in [1.165, 1.54) is 4.31 Å². The van der Waals surface area contributed by atoms with Gasteiger partial charge >= 0.3 is 0 Å². The Kier molecular flexibility index (Phi) is 4.32. The van der Waals surface area contributed by atoms with Gasteiger partial charge < -0.3 is 9.88 Å². The van der Waals surface area contributed by atoms with Crippen molar-refractivity contribution in [2.24, 2.45) is 5.92 Å². The van der Waals surface area contributed by atoms with Gasteiger partial charge in [0.2, 0.25) is 10.0 Å². The van der Waals surface area contributed by atoms with Crippen molar-refractivity contribution in [3.8, 4) is 0 Å². The van der Waals surface area contributed by atoms with Crippen molar-refractivity contribution in [1.29, 1.82) is 0 Å². The van der Waals surface area contributed by atoms with Gasteiger partial charge in [0.05, 0.1) is 0 Å². The molecule has 1 aromatic heterocycles. The van der Waals surface area contributed by atoms with Crippen LogP contribution in [0.5, 0.6) is 0 Å². The molecule has 1 fully saturated rings. The fourth-order valence-corrected chi connectivity index (χ4v) is 3.54. The normalized spacial score (nSPS) is 16.2. The first-order valence-electron chi connectivity index (χ1n) is 6.79. The molecule has 108 valence electrons. The second-order valence-corrected chi connectivity index (χ2v) is 7.26. The molecule has 1 aliphatic carbocycles. The molecule has 0 aromatic carbocycles. The number of rotatable bonds is 7. The molecule has 6 heteroatoms. The van der Waals surface area contributed by atoms with Gasteiger partial charge in [0.15, 0.2) is 0 Å². The maximum atomic E-state index is 12.5. The highest BCUT2D eigenvalue weighted by Crippen LogP contribution is 2.31. The van der Waals surface area contributed by atoms with Gasteiger partial charge in [-0.15, -0.1) is 0 Å². The first kappa shape index (κ1) is 14.6. The standard InChI is InChI=1S/C13H23N3O2S/c1-4-16-10-13(7-12(16)8-14-2)19(17,18)15(3)9-11-5-6-11/h7,10-11,14H,4-6,8-9H2,1-3H3. The molecule has 0 amide bonds.